The maximum Gasteiger partial charge on any atom is 0.0364 e. The number of unbranched alkanes of at least 4 members (excludes halogenated alkanes) is 1. The SMILES string of the molecule is CC#CCCCC(Cl)C1CC1. The van der Waals surface area contributed by atoms with Crippen LogP contribution in [0, 0.1) is 17.8 Å². The van der Waals surface area contributed by atoms with E-state index in [0.29, 0.717) is 5.38 Å². The van der Waals surface area contributed by atoms with Gasteiger partial charge in [0.2, 0.25) is 0 Å². The topological polar surface area (TPSA) is 0 Å². The van der Waals surface area contributed by atoms with Crippen molar-refractivity contribution >= 4 is 11.6 Å². The zero-order valence-electron chi connectivity index (χ0n) is 7.07. The molecule has 0 saturated heterocycles. The molecule has 0 aliphatic heterocycles. The molecule has 0 bridgehead atoms. The normalized spacial score (nSPS) is 18.7. The van der Waals surface area contributed by atoms with Gasteiger partial charge in [0.1, 0.15) is 0 Å². The van der Waals surface area contributed by atoms with E-state index in [-0.39, 0.29) is 0 Å². The number of hydrogen-bond acceptors (Lipinski definition) is 0. The molecule has 1 atom stereocenters. The van der Waals surface area contributed by atoms with Gasteiger partial charge in [-0.1, -0.05) is 0 Å². The number of halogens is 1. The summed E-state index contributed by atoms with van der Waals surface area (Å²) in [6, 6.07) is 0. The maximum absolute atomic E-state index is 6.11. The molecule has 0 aromatic heterocycles. The third-order valence-electron chi connectivity index (χ3n) is 2.09. The van der Waals surface area contributed by atoms with E-state index in [1.165, 1.54) is 19.3 Å². The molecule has 1 saturated carbocycles. The summed E-state index contributed by atoms with van der Waals surface area (Å²) in [6.45, 7) is 1.89. The Morgan fingerprint density at radius 3 is 2.82 bits per heavy atom. The van der Waals surface area contributed by atoms with Crippen molar-refractivity contribution in [3.63, 3.8) is 0 Å². The van der Waals surface area contributed by atoms with Gasteiger partial charge in [-0.15, -0.1) is 23.4 Å². The molecule has 1 rings (SSSR count). The van der Waals surface area contributed by atoms with Crippen LogP contribution < -0.4 is 0 Å². The Morgan fingerprint density at radius 1 is 1.55 bits per heavy atom. The second-order valence-corrected chi connectivity index (χ2v) is 3.73. The Hall–Kier alpha value is -0.150. The van der Waals surface area contributed by atoms with Gasteiger partial charge in [0.15, 0.2) is 0 Å². The van der Waals surface area contributed by atoms with Crippen LogP contribution in [0.1, 0.15) is 39.0 Å². The van der Waals surface area contributed by atoms with Crippen LogP contribution in [0.2, 0.25) is 0 Å². The van der Waals surface area contributed by atoms with Crippen molar-refractivity contribution in [2.24, 2.45) is 5.92 Å². The highest BCUT2D eigenvalue weighted by Crippen LogP contribution is 2.37. The molecule has 0 heterocycles. The first-order valence-corrected chi connectivity index (χ1v) is 4.82. The van der Waals surface area contributed by atoms with Crippen molar-refractivity contribution in [3.8, 4) is 11.8 Å². The predicted molar refractivity (Wildman–Crippen MR) is 49.7 cm³/mol. The molecule has 1 aliphatic carbocycles. The lowest BCUT2D eigenvalue weighted by Gasteiger charge is -2.04. The molecule has 62 valence electrons. The van der Waals surface area contributed by atoms with Gasteiger partial charge in [-0.3, -0.25) is 0 Å². The van der Waals surface area contributed by atoms with Crippen LogP contribution in [0.5, 0.6) is 0 Å². The number of hydrogen-bond donors (Lipinski definition) is 0. The minimum Gasteiger partial charge on any atom is -0.123 e. The maximum atomic E-state index is 6.11. The van der Waals surface area contributed by atoms with Crippen molar-refractivity contribution in [1.29, 1.82) is 0 Å². The zero-order valence-corrected chi connectivity index (χ0v) is 7.82. The molecule has 0 spiro atoms. The molecule has 1 heteroatoms. The highest BCUT2D eigenvalue weighted by Gasteiger charge is 2.28. The molecule has 0 aromatic carbocycles. The van der Waals surface area contributed by atoms with Crippen molar-refractivity contribution < 1.29 is 0 Å². The van der Waals surface area contributed by atoms with Crippen LogP contribution in [0.4, 0.5) is 0 Å². The Labute approximate surface area is 74.3 Å². The molecular formula is C10H15Cl. The largest absolute Gasteiger partial charge is 0.123 e. The third kappa shape index (κ3) is 3.68. The zero-order chi connectivity index (χ0) is 8.10. The summed E-state index contributed by atoms with van der Waals surface area (Å²) < 4.78 is 0. The standard InChI is InChI=1S/C10H15Cl/c1-2-3-4-5-6-10(11)9-7-8-9/h9-10H,4-8H2,1H3. The lowest BCUT2D eigenvalue weighted by atomic mass is 10.1. The molecule has 0 aromatic rings. The second-order valence-electron chi connectivity index (χ2n) is 3.17. The monoisotopic (exact) mass is 170 g/mol. The highest BCUT2D eigenvalue weighted by molar-refractivity contribution is 6.20. The van der Waals surface area contributed by atoms with Crippen molar-refractivity contribution in [2.45, 2.75) is 44.4 Å². The van der Waals surface area contributed by atoms with Crippen molar-refractivity contribution in [3.05, 3.63) is 0 Å². The summed E-state index contributed by atoms with van der Waals surface area (Å²) in [4.78, 5) is 0. The summed E-state index contributed by atoms with van der Waals surface area (Å²) >= 11 is 6.11. The van der Waals surface area contributed by atoms with Gasteiger partial charge >= 0.3 is 0 Å². The predicted octanol–water partition coefficient (Wildman–Crippen LogP) is 3.20. The van der Waals surface area contributed by atoms with Crippen LogP contribution in [-0.2, 0) is 0 Å². The van der Waals surface area contributed by atoms with Gasteiger partial charge in [0.25, 0.3) is 0 Å². The van der Waals surface area contributed by atoms with Crippen LogP contribution in [0.15, 0.2) is 0 Å². The van der Waals surface area contributed by atoms with Crippen molar-refractivity contribution in [2.75, 3.05) is 0 Å². The fourth-order valence-corrected chi connectivity index (χ4v) is 1.61. The Morgan fingerprint density at radius 2 is 2.27 bits per heavy atom. The van der Waals surface area contributed by atoms with Crippen LogP contribution in [0.25, 0.3) is 0 Å². The molecule has 1 aliphatic rings. The van der Waals surface area contributed by atoms with E-state index in [1.807, 2.05) is 6.92 Å². The van der Waals surface area contributed by atoms with Crippen LogP contribution in [0.3, 0.4) is 0 Å². The summed E-state index contributed by atoms with van der Waals surface area (Å²) in [5, 5.41) is 0.439. The molecule has 0 amide bonds. The first-order valence-electron chi connectivity index (χ1n) is 4.38. The second kappa shape index (κ2) is 4.67. The minimum absolute atomic E-state index is 0.439. The molecule has 0 radical (unpaired) electrons. The van der Waals surface area contributed by atoms with Crippen LogP contribution in [-0.4, -0.2) is 5.38 Å². The summed E-state index contributed by atoms with van der Waals surface area (Å²) in [5.41, 5.74) is 0. The smallest absolute Gasteiger partial charge is 0.0364 e. The molecule has 1 unspecified atom stereocenters. The van der Waals surface area contributed by atoms with E-state index in [2.05, 4.69) is 11.8 Å². The lowest BCUT2D eigenvalue weighted by molar-refractivity contribution is 0.647. The Balaban J connectivity index is 1.95. The quantitative estimate of drug-likeness (QED) is 0.345. The summed E-state index contributed by atoms with van der Waals surface area (Å²) in [6.07, 6.45) is 6.06. The lowest BCUT2D eigenvalue weighted by Crippen LogP contribution is -1.99. The molecule has 0 N–H and O–H groups in total. The average molecular weight is 171 g/mol. The molecule has 0 nitrogen and oxygen atoms in total. The molecular weight excluding hydrogens is 156 g/mol. The number of alkyl halides is 1. The van der Waals surface area contributed by atoms with Crippen molar-refractivity contribution in [1.82, 2.24) is 0 Å². The molecule has 1 fully saturated rings. The van der Waals surface area contributed by atoms with Gasteiger partial charge < -0.3 is 0 Å². The van der Waals surface area contributed by atoms with Gasteiger partial charge in [0, 0.05) is 11.8 Å². The van der Waals surface area contributed by atoms with E-state index >= 15 is 0 Å². The van der Waals surface area contributed by atoms with E-state index in [4.69, 9.17) is 11.6 Å². The van der Waals surface area contributed by atoms with Gasteiger partial charge in [0.05, 0.1) is 0 Å². The van der Waals surface area contributed by atoms with Gasteiger partial charge in [-0.25, -0.2) is 0 Å². The third-order valence-corrected chi connectivity index (χ3v) is 2.67. The Bertz CT molecular complexity index is 159. The van der Waals surface area contributed by atoms with Crippen LogP contribution >= 0.6 is 11.6 Å². The summed E-state index contributed by atoms with van der Waals surface area (Å²) in [5.74, 6) is 6.79. The average Bonchev–Trinajstić information content (AvgIpc) is 2.79. The molecule has 11 heavy (non-hydrogen) atoms. The fourth-order valence-electron chi connectivity index (χ4n) is 1.20. The number of rotatable bonds is 4. The minimum atomic E-state index is 0.439. The first-order chi connectivity index (χ1) is 5.34. The van der Waals surface area contributed by atoms with E-state index < -0.39 is 0 Å². The first kappa shape index (κ1) is 8.94. The van der Waals surface area contributed by atoms with Gasteiger partial charge in [-0.2, -0.15) is 0 Å². The highest BCUT2D eigenvalue weighted by atomic mass is 35.5. The van der Waals surface area contributed by atoms with E-state index in [9.17, 15) is 0 Å². The Kier molecular flexibility index (Phi) is 3.80. The summed E-state index contributed by atoms with van der Waals surface area (Å²) in [7, 11) is 0. The van der Waals surface area contributed by atoms with Gasteiger partial charge in [-0.05, 0) is 38.5 Å². The van der Waals surface area contributed by atoms with E-state index in [0.717, 1.165) is 18.8 Å². The van der Waals surface area contributed by atoms with E-state index in [1.54, 1.807) is 0 Å². The fraction of sp³-hybridized carbons (Fsp3) is 0.800.